The number of fused-ring (bicyclic) bond motifs is 5. The molecule has 7 atom stereocenters. The van der Waals surface area contributed by atoms with Crippen molar-refractivity contribution in [3.05, 3.63) is 0 Å². The third kappa shape index (κ3) is 3.85. The van der Waals surface area contributed by atoms with Gasteiger partial charge in [0.1, 0.15) is 6.54 Å². The van der Waals surface area contributed by atoms with Gasteiger partial charge >= 0.3 is 5.97 Å². The molecule has 0 aromatic heterocycles. The highest BCUT2D eigenvalue weighted by Gasteiger charge is 2.59. The lowest BCUT2D eigenvalue weighted by Crippen LogP contribution is -2.52. The van der Waals surface area contributed by atoms with Gasteiger partial charge in [-0.1, -0.05) is 26.7 Å². The van der Waals surface area contributed by atoms with Gasteiger partial charge in [-0.05, 0) is 105 Å². The number of hydrogen-bond donors (Lipinski definition) is 2. The number of nitrogens with one attached hydrogen (secondary N) is 1. The summed E-state index contributed by atoms with van der Waals surface area (Å²) >= 11 is 0. The van der Waals surface area contributed by atoms with Gasteiger partial charge in [0.05, 0.1) is 0 Å². The highest BCUT2D eigenvalue weighted by atomic mass is 16.4. The zero-order valence-corrected chi connectivity index (χ0v) is 18.5. The van der Waals surface area contributed by atoms with Crippen LogP contribution in [0.25, 0.3) is 0 Å². The molecule has 0 heterocycles. The summed E-state index contributed by atoms with van der Waals surface area (Å²) in [6.45, 7) is 4.97. The maximum absolute atomic E-state index is 11.9. The Morgan fingerprint density at radius 3 is 2.52 bits per heavy atom. The van der Waals surface area contributed by atoms with E-state index in [1.165, 1.54) is 64.2 Å². The van der Waals surface area contributed by atoms with Crippen LogP contribution in [0.15, 0.2) is 0 Å². The van der Waals surface area contributed by atoms with E-state index in [1.54, 1.807) is 0 Å². The third-order valence-electron chi connectivity index (χ3n) is 10.2. The third-order valence-corrected chi connectivity index (χ3v) is 10.2. The Morgan fingerprint density at radius 2 is 1.72 bits per heavy atom. The number of hydrogen-bond acceptors (Lipinski definition) is 2. The summed E-state index contributed by atoms with van der Waals surface area (Å²) < 4.78 is 0. The highest BCUT2D eigenvalue weighted by Crippen LogP contribution is 2.67. The van der Waals surface area contributed by atoms with Crippen LogP contribution < -0.4 is 5.32 Å². The summed E-state index contributed by atoms with van der Waals surface area (Å²) in [5.74, 6) is 3.45. The van der Waals surface area contributed by atoms with E-state index in [2.05, 4.69) is 19.2 Å². The van der Waals surface area contributed by atoms with Crippen molar-refractivity contribution < 1.29 is 14.7 Å². The van der Waals surface area contributed by atoms with Crippen LogP contribution in [-0.2, 0) is 9.59 Å². The number of carbonyl (C=O) groups is 2. The average molecular weight is 404 g/mol. The number of carboxylic acid groups (broad SMARTS) is 1. The summed E-state index contributed by atoms with van der Waals surface area (Å²) in [5, 5.41) is 11.2. The summed E-state index contributed by atoms with van der Waals surface area (Å²) in [6, 6.07) is 0. The molecule has 1 amide bonds. The number of rotatable bonds is 6. The monoisotopic (exact) mass is 403 g/mol. The normalized spacial score (nSPS) is 43.7. The van der Waals surface area contributed by atoms with Gasteiger partial charge in [0.25, 0.3) is 0 Å². The quantitative estimate of drug-likeness (QED) is 0.623. The Morgan fingerprint density at radius 1 is 0.931 bits per heavy atom. The zero-order chi connectivity index (χ0) is 20.6. The Labute approximate surface area is 176 Å². The van der Waals surface area contributed by atoms with Crippen LogP contribution in [0.5, 0.6) is 0 Å². The van der Waals surface area contributed by atoms with Crippen LogP contribution in [0.4, 0.5) is 0 Å². The molecular formula is C25H41NO3. The summed E-state index contributed by atoms with van der Waals surface area (Å²) in [6.07, 6.45) is 16.8. The van der Waals surface area contributed by atoms with Crippen molar-refractivity contribution in [2.45, 2.75) is 97.3 Å². The van der Waals surface area contributed by atoms with Crippen molar-refractivity contribution in [2.75, 3.05) is 6.54 Å². The molecule has 29 heavy (non-hydrogen) atoms. The summed E-state index contributed by atoms with van der Waals surface area (Å²) in [4.78, 5) is 22.5. The predicted octanol–water partition coefficient (Wildman–Crippen LogP) is 5.41. The largest absolute Gasteiger partial charge is 0.480 e. The van der Waals surface area contributed by atoms with Gasteiger partial charge in [0, 0.05) is 6.42 Å². The van der Waals surface area contributed by atoms with E-state index < -0.39 is 5.97 Å². The molecule has 4 saturated carbocycles. The van der Waals surface area contributed by atoms with Gasteiger partial charge in [-0.25, -0.2) is 0 Å². The number of carboxylic acids is 1. The lowest BCUT2D eigenvalue weighted by Gasteiger charge is -2.60. The lowest BCUT2D eigenvalue weighted by atomic mass is 9.45. The van der Waals surface area contributed by atoms with Crippen LogP contribution in [0.2, 0.25) is 0 Å². The van der Waals surface area contributed by atoms with E-state index in [-0.39, 0.29) is 12.5 Å². The maximum atomic E-state index is 11.9. The molecular weight excluding hydrogens is 362 g/mol. The fourth-order valence-corrected chi connectivity index (χ4v) is 8.65. The molecule has 0 spiro atoms. The molecule has 0 bridgehead atoms. The topological polar surface area (TPSA) is 66.4 Å². The first-order valence-electron chi connectivity index (χ1n) is 12.3. The van der Waals surface area contributed by atoms with Crippen molar-refractivity contribution in [3.8, 4) is 0 Å². The molecule has 0 radical (unpaired) electrons. The number of carbonyl (C=O) groups excluding carboxylic acids is 1. The minimum Gasteiger partial charge on any atom is -0.480 e. The van der Waals surface area contributed by atoms with Crippen LogP contribution in [-0.4, -0.2) is 23.5 Å². The molecule has 4 rings (SSSR count). The molecule has 164 valence electrons. The van der Waals surface area contributed by atoms with E-state index in [0.29, 0.717) is 17.3 Å². The molecule has 4 aliphatic carbocycles. The van der Waals surface area contributed by atoms with E-state index >= 15 is 0 Å². The van der Waals surface area contributed by atoms with Gasteiger partial charge in [-0.2, -0.15) is 0 Å². The molecule has 0 aromatic rings. The molecule has 5 unspecified atom stereocenters. The van der Waals surface area contributed by atoms with Crippen molar-refractivity contribution in [1.29, 1.82) is 0 Å². The predicted molar refractivity (Wildman–Crippen MR) is 114 cm³/mol. The number of aliphatic carboxylic acids is 1. The van der Waals surface area contributed by atoms with Crippen molar-refractivity contribution >= 4 is 11.9 Å². The second kappa shape index (κ2) is 8.23. The highest BCUT2D eigenvalue weighted by molar-refractivity contribution is 5.80. The van der Waals surface area contributed by atoms with Gasteiger partial charge in [-0.15, -0.1) is 0 Å². The van der Waals surface area contributed by atoms with Gasteiger partial charge in [0.15, 0.2) is 0 Å². The second-order valence-electron chi connectivity index (χ2n) is 11.3. The van der Waals surface area contributed by atoms with Crippen LogP contribution in [0.3, 0.4) is 0 Å². The van der Waals surface area contributed by atoms with Crippen LogP contribution >= 0.6 is 0 Å². The fourth-order valence-electron chi connectivity index (χ4n) is 8.65. The first-order valence-corrected chi connectivity index (χ1v) is 12.3. The fraction of sp³-hybridized carbons (Fsp3) is 0.920. The van der Waals surface area contributed by atoms with Gasteiger partial charge in [-0.3, -0.25) is 9.59 Å². The van der Waals surface area contributed by atoms with Crippen LogP contribution in [0, 0.1) is 40.4 Å². The molecule has 2 N–H and O–H groups in total. The summed E-state index contributed by atoms with van der Waals surface area (Å²) in [7, 11) is 0. The Kier molecular flexibility index (Phi) is 6.01. The minimum absolute atomic E-state index is 0.112. The zero-order valence-electron chi connectivity index (χ0n) is 18.5. The smallest absolute Gasteiger partial charge is 0.322 e. The maximum Gasteiger partial charge on any atom is 0.322 e. The summed E-state index contributed by atoms with van der Waals surface area (Å²) in [5.41, 5.74) is 1.08. The standard InChI is InChI=1S/C25H41NO3/c1-24-14-4-3-6-17(24)9-11-19-20-12-10-18(25(20,2)15-13-21(19)24)7-5-8-22(27)26-16-23(28)29/h17-21H,3-16H2,1-2H3,(H,26,27)(H,28,29)/t17-,18?,19-,20?,21?,24?,25?/m0/s1. The van der Waals surface area contributed by atoms with Crippen molar-refractivity contribution in [1.82, 2.24) is 5.32 Å². The Bertz CT molecular complexity index is 634. The van der Waals surface area contributed by atoms with Gasteiger partial charge < -0.3 is 10.4 Å². The van der Waals surface area contributed by atoms with Crippen molar-refractivity contribution in [2.24, 2.45) is 40.4 Å². The molecule has 0 aliphatic heterocycles. The van der Waals surface area contributed by atoms with E-state index in [4.69, 9.17) is 5.11 Å². The SMILES string of the molecule is CC12CCC3[C@@H](CC[C@@H]4CCCCC34C)C1CCC2CCCC(=O)NCC(=O)O. The first-order chi connectivity index (χ1) is 13.8. The number of amides is 1. The molecule has 0 saturated heterocycles. The Hall–Kier alpha value is -1.06. The molecule has 4 nitrogen and oxygen atoms in total. The van der Waals surface area contributed by atoms with Crippen molar-refractivity contribution in [3.63, 3.8) is 0 Å². The van der Waals surface area contributed by atoms with E-state index in [1.807, 2.05) is 0 Å². The Balaban J connectivity index is 1.35. The van der Waals surface area contributed by atoms with E-state index in [9.17, 15) is 9.59 Å². The minimum atomic E-state index is -0.970. The van der Waals surface area contributed by atoms with Gasteiger partial charge in [0.2, 0.25) is 5.91 Å². The average Bonchev–Trinajstić information content (AvgIpc) is 3.02. The molecule has 4 aliphatic rings. The first kappa shape index (κ1) is 21.2. The molecule has 4 fully saturated rings. The second-order valence-corrected chi connectivity index (χ2v) is 11.3. The van der Waals surface area contributed by atoms with E-state index in [0.717, 1.165) is 42.4 Å². The molecule has 4 heteroatoms. The molecule has 0 aromatic carbocycles. The van der Waals surface area contributed by atoms with Crippen LogP contribution in [0.1, 0.15) is 97.3 Å². The lowest BCUT2D eigenvalue weighted by molar-refractivity contribution is -0.138.